The molecule has 0 radical (unpaired) electrons. The van der Waals surface area contributed by atoms with Crippen molar-refractivity contribution in [3.05, 3.63) is 0 Å². The molecule has 12 heavy (non-hydrogen) atoms. The maximum Gasteiger partial charge on any atom is 0.0635 e. The summed E-state index contributed by atoms with van der Waals surface area (Å²) in [6.07, 6.45) is 1.92. The second-order valence-corrected chi connectivity index (χ2v) is 3.61. The molecule has 0 aromatic rings. The summed E-state index contributed by atoms with van der Waals surface area (Å²) in [4.78, 5) is 4.64. The first-order valence-corrected chi connectivity index (χ1v) is 4.49. The van der Waals surface area contributed by atoms with Gasteiger partial charge < -0.3 is 9.80 Å². The molecule has 0 bridgehead atoms. The fourth-order valence-corrected chi connectivity index (χ4v) is 1.64. The molecule has 1 atom stereocenters. The van der Waals surface area contributed by atoms with Crippen molar-refractivity contribution in [3.63, 3.8) is 0 Å². The van der Waals surface area contributed by atoms with E-state index in [1.165, 1.54) is 6.42 Å². The number of likely N-dealkylation sites (tertiary alicyclic amines) is 1. The van der Waals surface area contributed by atoms with Gasteiger partial charge in [-0.1, -0.05) is 0 Å². The van der Waals surface area contributed by atoms with Crippen molar-refractivity contribution < 1.29 is 0 Å². The number of nitriles is 1. The first-order valence-electron chi connectivity index (χ1n) is 4.49. The van der Waals surface area contributed by atoms with E-state index in [1.807, 2.05) is 0 Å². The second-order valence-electron chi connectivity index (χ2n) is 3.61. The predicted molar refractivity (Wildman–Crippen MR) is 48.8 cm³/mol. The zero-order valence-electron chi connectivity index (χ0n) is 7.95. The van der Waals surface area contributed by atoms with E-state index in [9.17, 15) is 0 Å². The van der Waals surface area contributed by atoms with E-state index in [4.69, 9.17) is 5.26 Å². The van der Waals surface area contributed by atoms with Gasteiger partial charge in [0.15, 0.2) is 0 Å². The fraction of sp³-hybridized carbons (Fsp3) is 0.889. The molecule has 0 N–H and O–H groups in total. The third-order valence-electron chi connectivity index (χ3n) is 2.52. The van der Waals surface area contributed by atoms with Crippen LogP contribution in [0.15, 0.2) is 0 Å². The van der Waals surface area contributed by atoms with E-state index in [2.05, 4.69) is 30.0 Å². The van der Waals surface area contributed by atoms with Gasteiger partial charge in [0.05, 0.1) is 6.07 Å². The van der Waals surface area contributed by atoms with Crippen LogP contribution in [0.3, 0.4) is 0 Å². The summed E-state index contributed by atoms with van der Waals surface area (Å²) >= 11 is 0. The third kappa shape index (κ3) is 2.47. The predicted octanol–water partition coefficient (Wildman–Crippen LogP) is 0.536. The molecule has 0 saturated carbocycles. The summed E-state index contributed by atoms with van der Waals surface area (Å²) in [5, 5.41) is 8.41. The standard InChI is InChI=1S/C9H17N3/c1-11(2)9-4-7-12(8-9)6-3-5-10/h9H,3-4,6-8H2,1-2H3. The van der Waals surface area contributed by atoms with E-state index in [1.54, 1.807) is 0 Å². The van der Waals surface area contributed by atoms with Gasteiger partial charge in [-0.3, -0.25) is 0 Å². The lowest BCUT2D eigenvalue weighted by Crippen LogP contribution is -2.31. The van der Waals surface area contributed by atoms with Crippen LogP contribution < -0.4 is 0 Å². The summed E-state index contributed by atoms with van der Waals surface area (Å²) in [6.45, 7) is 3.24. The Bertz CT molecular complexity index is 171. The molecule has 0 aromatic heterocycles. The van der Waals surface area contributed by atoms with Crippen LogP contribution in [0.5, 0.6) is 0 Å². The van der Waals surface area contributed by atoms with E-state index in [-0.39, 0.29) is 0 Å². The SMILES string of the molecule is CN(C)C1CCN(CCC#N)C1. The smallest absolute Gasteiger partial charge is 0.0635 e. The van der Waals surface area contributed by atoms with Crippen LogP contribution in [-0.4, -0.2) is 49.6 Å². The minimum absolute atomic E-state index is 0.667. The molecule has 1 heterocycles. The van der Waals surface area contributed by atoms with Gasteiger partial charge in [-0.25, -0.2) is 0 Å². The maximum absolute atomic E-state index is 8.41. The number of rotatable bonds is 3. The summed E-state index contributed by atoms with van der Waals surface area (Å²) in [7, 11) is 4.25. The van der Waals surface area contributed by atoms with Gasteiger partial charge in [0.1, 0.15) is 0 Å². The molecule has 1 aliphatic rings. The van der Waals surface area contributed by atoms with Crippen molar-refractivity contribution in [1.82, 2.24) is 9.80 Å². The number of hydrogen-bond acceptors (Lipinski definition) is 3. The van der Waals surface area contributed by atoms with Crippen LogP contribution in [-0.2, 0) is 0 Å². The molecule has 3 nitrogen and oxygen atoms in total. The van der Waals surface area contributed by atoms with Gasteiger partial charge in [0, 0.05) is 25.6 Å². The largest absolute Gasteiger partial charge is 0.305 e. The van der Waals surface area contributed by atoms with Gasteiger partial charge in [-0.2, -0.15) is 5.26 Å². The Labute approximate surface area is 74.6 Å². The Kier molecular flexibility index (Phi) is 3.51. The van der Waals surface area contributed by atoms with Crippen molar-refractivity contribution in [3.8, 4) is 6.07 Å². The van der Waals surface area contributed by atoms with Gasteiger partial charge in [-0.15, -0.1) is 0 Å². The van der Waals surface area contributed by atoms with Gasteiger partial charge in [-0.05, 0) is 27.1 Å². The lowest BCUT2D eigenvalue weighted by atomic mass is 10.2. The molecule has 0 aromatic carbocycles. The summed E-state index contributed by atoms with van der Waals surface area (Å²) in [5.41, 5.74) is 0. The molecule has 0 spiro atoms. The highest BCUT2D eigenvalue weighted by molar-refractivity contribution is 4.82. The molecule has 0 aliphatic carbocycles. The average molecular weight is 167 g/mol. The van der Waals surface area contributed by atoms with Crippen molar-refractivity contribution in [2.24, 2.45) is 0 Å². The molecule has 1 saturated heterocycles. The van der Waals surface area contributed by atoms with E-state index in [0.717, 1.165) is 19.6 Å². The Morgan fingerprint density at radius 1 is 1.58 bits per heavy atom. The minimum Gasteiger partial charge on any atom is -0.305 e. The number of hydrogen-bond donors (Lipinski definition) is 0. The highest BCUT2D eigenvalue weighted by atomic mass is 15.2. The average Bonchev–Trinajstić information content (AvgIpc) is 2.48. The van der Waals surface area contributed by atoms with E-state index < -0.39 is 0 Å². The zero-order valence-corrected chi connectivity index (χ0v) is 7.95. The number of likely N-dealkylation sites (N-methyl/N-ethyl adjacent to an activating group) is 1. The van der Waals surface area contributed by atoms with Crippen LogP contribution in [0.2, 0.25) is 0 Å². The van der Waals surface area contributed by atoms with Crippen LogP contribution in [0, 0.1) is 11.3 Å². The molecular formula is C9H17N3. The quantitative estimate of drug-likeness (QED) is 0.614. The topological polar surface area (TPSA) is 30.3 Å². The molecule has 1 aliphatic heterocycles. The normalized spacial score (nSPS) is 24.7. The highest BCUT2D eigenvalue weighted by Crippen LogP contribution is 2.12. The Balaban J connectivity index is 2.22. The van der Waals surface area contributed by atoms with Crippen LogP contribution in [0.25, 0.3) is 0 Å². The molecule has 3 heteroatoms. The first kappa shape index (κ1) is 9.50. The first-order chi connectivity index (χ1) is 5.74. The minimum atomic E-state index is 0.667. The Morgan fingerprint density at radius 3 is 2.83 bits per heavy atom. The summed E-state index contributed by atoms with van der Waals surface area (Å²) in [5.74, 6) is 0. The summed E-state index contributed by atoms with van der Waals surface area (Å²) < 4.78 is 0. The Hall–Kier alpha value is -0.590. The fourth-order valence-electron chi connectivity index (χ4n) is 1.64. The monoisotopic (exact) mass is 167 g/mol. The van der Waals surface area contributed by atoms with Gasteiger partial charge in [0.25, 0.3) is 0 Å². The second kappa shape index (κ2) is 4.44. The van der Waals surface area contributed by atoms with Crippen LogP contribution in [0.1, 0.15) is 12.8 Å². The van der Waals surface area contributed by atoms with E-state index >= 15 is 0 Å². The highest BCUT2D eigenvalue weighted by Gasteiger charge is 2.22. The van der Waals surface area contributed by atoms with Crippen LogP contribution in [0.4, 0.5) is 0 Å². The lowest BCUT2D eigenvalue weighted by Gasteiger charge is -2.19. The Morgan fingerprint density at radius 2 is 2.33 bits per heavy atom. The van der Waals surface area contributed by atoms with Crippen molar-refractivity contribution >= 4 is 0 Å². The molecule has 1 unspecified atom stereocenters. The molecular weight excluding hydrogens is 150 g/mol. The van der Waals surface area contributed by atoms with Crippen molar-refractivity contribution in [2.45, 2.75) is 18.9 Å². The van der Waals surface area contributed by atoms with Crippen molar-refractivity contribution in [2.75, 3.05) is 33.7 Å². The molecule has 1 fully saturated rings. The maximum atomic E-state index is 8.41. The lowest BCUT2D eigenvalue weighted by molar-refractivity contribution is 0.271. The third-order valence-corrected chi connectivity index (χ3v) is 2.52. The van der Waals surface area contributed by atoms with E-state index in [0.29, 0.717) is 12.5 Å². The van der Waals surface area contributed by atoms with Gasteiger partial charge >= 0.3 is 0 Å². The van der Waals surface area contributed by atoms with Gasteiger partial charge in [0.2, 0.25) is 0 Å². The molecule has 0 amide bonds. The van der Waals surface area contributed by atoms with Crippen LogP contribution >= 0.6 is 0 Å². The number of nitrogens with zero attached hydrogens (tertiary/aromatic N) is 3. The van der Waals surface area contributed by atoms with Crippen molar-refractivity contribution in [1.29, 1.82) is 5.26 Å². The molecule has 1 rings (SSSR count). The summed E-state index contributed by atoms with van der Waals surface area (Å²) in [6, 6.07) is 2.88. The zero-order chi connectivity index (χ0) is 8.97. The molecule has 68 valence electrons.